The lowest BCUT2D eigenvalue weighted by atomic mass is 11.5. The molecule has 0 radical (unpaired) electrons. The zero-order valence-corrected chi connectivity index (χ0v) is 3.51. The normalized spacial score (nSPS) is 6.75. The first-order chi connectivity index (χ1) is 3.65. The smallest absolute Gasteiger partial charge is 0.450 e. The molecule has 7 heteroatoms. The van der Waals surface area contributed by atoms with E-state index in [0.717, 1.165) is 0 Å². The highest BCUT2D eigenvalue weighted by Gasteiger charge is 1.70. The quantitative estimate of drug-likeness (QED) is 0.292. The van der Waals surface area contributed by atoms with Crippen LogP contribution in [0.2, 0.25) is 0 Å². The Balaban J connectivity index is 0. The van der Waals surface area contributed by atoms with Crippen molar-refractivity contribution < 1.29 is 35.6 Å². The van der Waals surface area contributed by atoms with Crippen molar-refractivity contribution in [2.24, 2.45) is 0 Å². The first kappa shape index (κ1) is 10.2. The molecule has 0 aliphatic heterocycles. The maximum absolute atomic E-state index is 8.56. The predicted molar refractivity (Wildman–Crippen MR) is 18.1 cm³/mol. The van der Waals surface area contributed by atoms with Gasteiger partial charge in [-0.1, -0.05) is 0 Å². The van der Waals surface area contributed by atoms with Crippen LogP contribution in [0, 0.1) is 0 Å². The van der Waals surface area contributed by atoms with Crippen molar-refractivity contribution in [1.82, 2.24) is 0 Å². The van der Waals surface area contributed by atoms with Gasteiger partial charge in [0, 0.05) is 0 Å². The van der Waals surface area contributed by atoms with E-state index < -0.39 is 6.16 Å². The molecule has 0 bridgehead atoms. The van der Waals surface area contributed by atoms with Crippen molar-refractivity contribution in [1.29, 1.82) is 0 Å². The van der Waals surface area contributed by atoms with E-state index in [2.05, 4.69) is 10.1 Å². The fourth-order valence-electron chi connectivity index (χ4n) is 0. The van der Waals surface area contributed by atoms with E-state index in [1.165, 1.54) is 0 Å². The van der Waals surface area contributed by atoms with Crippen LogP contribution in [0.1, 0.15) is 0 Å². The Morgan fingerprint density at radius 3 is 1.25 bits per heavy atom. The van der Waals surface area contributed by atoms with Crippen LogP contribution in [-0.2, 0) is 10.1 Å². The third kappa shape index (κ3) is 7130. The van der Waals surface area contributed by atoms with Gasteiger partial charge in [0.2, 0.25) is 0 Å². The molecule has 0 aromatic heterocycles. The summed E-state index contributed by atoms with van der Waals surface area (Å²) >= 11 is 0. The minimum absolute atomic E-state index is 1.83. The molecule has 0 fully saturated rings. The summed E-state index contributed by atoms with van der Waals surface area (Å²) in [7, 11) is 0. The van der Waals surface area contributed by atoms with Crippen LogP contribution in [-0.4, -0.2) is 26.9 Å². The molecule has 0 unspecified atom stereocenters. The van der Waals surface area contributed by atoms with Crippen molar-refractivity contribution in [2.75, 3.05) is 0 Å². The van der Waals surface area contributed by atoms with Crippen LogP contribution in [0.5, 0.6) is 0 Å². The molecule has 0 heterocycles. The van der Waals surface area contributed by atoms with Gasteiger partial charge in [-0.05, 0) is 10.1 Å². The molecule has 7 nitrogen and oxygen atoms in total. The van der Waals surface area contributed by atoms with Crippen molar-refractivity contribution in [3.63, 3.8) is 0 Å². The molecule has 0 saturated carbocycles. The summed E-state index contributed by atoms with van der Waals surface area (Å²) in [4.78, 5) is 8.56. The van der Waals surface area contributed by atoms with Gasteiger partial charge in [0.05, 0.1) is 0 Å². The number of carbonyl (C=O) groups is 1. The molecule has 4 N–H and O–H groups in total. The van der Waals surface area contributed by atoms with Crippen LogP contribution in [0.25, 0.3) is 0 Å². The molecular weight excluding hydrogens is 124 g/mol. The molecule has 0 aliphatic rings. The summed E-state index contributed by atoms with van der Waals surface area (Å²) in [5.74, 6) is 0. The largest absolute Gasteiger partial charge is 0.503 e. The van der Waals surface area contributed by atoms with Gasteiger partial charge in [-0.2, -0.15) is 0 Å². The van der Waals surface area contributed by atoms with E-state index >= 15 is 0 Å². The van der Waals surface area contributed by atoms with E-state index in [9.17, 15) is 0 Å². The monoisotopic (exact) mass is 128 g/mol. The Morgan fingerprint density at radius 1 is 1.12 bits per heavy atom. The summed E-state index contributed by atoms with van der Waals surface area (Å²) in [6, 6.07) is 0. The average Bonchev–Trinajstić information content (AvgIpc) is 1.65. The molecular formula is CH4O7. The Labute approximate surface area is 43.1 Å². The number of rotatable bonds is 1. The summed E-state index contributed by atoms with van der Waals surface area (Å²) in [5, 5.41) is 32.9. The number of hydrogen-bond acceptors (Lipinski definition) is 5. The Bertz CT molecular complexity index is 42.3. The molecule has 50 valence electrons. The Morgan fingerprint density at radius 2 is 1.25 bits per heavy atom. The minimum atomic E-state index is -1.83. The van der Waals surface area contributed by atoms with E-state index in [4.69, 9.17) is 25.5 Å². The zero-order valence-electron chi connectivity index (χ0n) is 3.51. The summed E-state index contributed by atoms with van der Waals surface area (Å²) in [5.41, 5.74) is 0. The highest BCUT2D eigenvalue weighted by Crippen LogP contribution is 1.49. The van der Waals surface area contributed by atoms with Gasteiger partial charge in [-0.25, -0.2) is 15.3 Å². The lowest BCUT2D eigenvalue weighted by Gasteiger charge is -1.71. The maximum atomic E-state index is 8.56. The standard InChI is InChI=1S/CH2O3.H2O4/c2-1(3)4;1-3-4-2/h(H2,2,3,4);1-2H. The lowest BCUT2D eigenvalue weighted by molar-refractivity contribution is -0.611. The van der Waals surface area contributed by atoms with Crippen molar-refractivity contribution >= 4 is 6.16 Å². The lowest BCUT2D eigenvalue weighted by Crippen LogP contribution is -1.81. The summed E-state index contributed by atoms with van der Waals surface area (Å²) < 4.78 is 0. The van der Waals surface area contributed by atoms with Crippen molar-refractivity contribution in [2.45, 2.75) is 0 Å². The second-order valence-corrected chi connectivity index (χ2v) is 0.432. The topological polar surface area (TPSA) is 116 Å². The molecule has 8 heavy (non-hydrogen) atoms. The second kappa shape index (κ2) is 9.44. The van der Waals surface area contributed by atoms with Gasteiger partial charge in [0.1, 0.15) is 0 Å². The molecule has 0 aliphatic carbocycles. The highest BCUT2D eigenvalue weighted by molar-refractivity contribution is 5.53. The van der Waals surface area contributed by atoms with Crippen LogP contribution >= 0.6 is 0 Å². The Hall–Kier alpha value is -0.890. The third-order valence-electron chi connectivity index (χ3n) is 0.0333. The van der Waals surface area contributed by atoms with Gasteiger partial charge in [-0.15, -0.1) is 0 Å². The Kier molecular flexibility index (Phi) is 12.0. The van der Waals surface area contributed by atoms with Gasteiger partial charge < -0.3 is 10.2 Å². The third-order valence-corrected chi connectivity index (χ3v) is 0.0333. The van der Waals surface area contributed by atoms with Gasteiger partial charge in [0.15, 0.2) is 0 Å². The molecule has 0 amide bonds. The molecule has 0 rings (SSSR count). The maximum Gasteiger partial charge on any atom is 0.503 e. The fraction of sp³-hybridized carbons (Fsp3) is 0. The van der Waals surface area contributed by atoms with Crippen LogP contribution in [0.15, 0.2) is 0 Å². The first-order valence-electron chi connectivity index (χ1n) is 1.18. The molecule has 0 saturated heterocycles. The predicted octanol–water partition coefficient (Wildman–Crippen LogP) is 0.103. The van der Waals surface area contributed by atoms with Crippen LogP contribution in [0.4, 0.5) is 4.79 Å². The number of carboxylic acid groups (broad SMARTS) is 2. The van der Waals surface area contributed by atoms with Crippen LogP contribution < -0.4 is 0 Å². The summed E-state index contributed by atoms with van der Waals surface area (Å²) in [6.07, 6.45) is -1.83. The van der Waals surface area contributed by atoms with Crippen LogP contribution in [0.3, 0.4) is 0 Å². The highest BCUT2D eigenvalue weighted by atomic mass is 17.6. The van der Waals surface area contributed by atoms with E-state index in [1.807, 2.05) is 0 Å². The van der Waals surface area contributed by atoms with Gasteiger partial charge in [-0.3, -0.25) is 0 Å². The number of hydrogen-bond donors (Lipinski definition) is 4. The molecule has 0 aromatic carbocycles. The molecule has 0 aromatic rings. The average molecular weight is 128 g/mol. The van der Waals surface area contributed by atoms with E-state index in [1.54, 1.807) is 0 Å². The minimum Gasteiger partial charge on any atom is -0.450 e. The second-order valence-electron chi connectivity index (χ2n) is 0.432. The first-order valence-corrected chi connectivity index (χ1v) is 1.18. The van der Waals surface area contributed by atoms with E-state index in [0.29, 0.717) is 0 Å². The zero-order chi connectivity index (χ0) is 6.99. The van der Waals surface area contributed by atoms with Gasteiger partial charge >= 0.3 is 6.16 Å². The van der Waals surface area contributed by atoms with Crippen molar-refractivity contribution in [3.8, 4) is 0 Å². The molecule has 0 spiro atoms. The SMILES string of the molecule is O=C(O)O.OOOO. The van der Waals surface area contributed by atoms with E-state index in [-0.39, 0.29) is 0 Å². The summed E-state index contributed by atoms with van der Waals surface area (Å²) in [6.45, 7) is 0. The van der Waals surface area contributed by atoms with Crippen molar-refractivity contribution in [3.05, 3.63) is 0 Å². The molecule has 0 atom stereocenters. The fourth-order valence-corrected chi connectivity index (χ4v) is 0. The van der Waals surface area contributed by atoms with Gasteiger partial charge in [0.25, 0.3) is 0 Å².